The van der Waals surface area contributed by atoms with E-state index in [0.717, 1.165) is 38.9 Å². The summed E-state index contributed by atoms with van der Waals surface area (Å²) in [5.74, 6) is 0.0557. The van der Waals surface area contributed by atoms with Crippen molar-refractivity contribution in [2.45, 2.75) is 38.3 Å². The molecule has 3 rings (SSSR count). The quantitative estimate of drug-likeness (QED) is 0.757. The molecule has 8 heteroatoms. The molecule has 8 nitrogen and oxygen atoms in total. The third-order valence-corrected chi connectivity index (χ3v) is 5.13. The lowest BCUT2D eigenvalue weighted by Crippen LogP contribution is -2.54. The van der Waals surface area contributed by atoms with Gasteiger partial charge in [-0.2, -0.15) is 5.10 Å². The fourth-order valence-corrected chi connectivity index (χ4v) is 3.55. The Hall–Kier alpha value is -2.09. The zero-order valence-corrected chi connectivity index (χ0v) is 15.5. The molecule has 0 N–H and O–H groups in total. The molecule has 0 saturated carbocycles. The van der Waals surface area contributed by atoms with Gasteiger partial charge in [-0.1, -0.05) is 0 Å². The van der Waals surface area contributed by atoms with Crippen LogP contribution in [-0.4, -0.2) is 88.9 Å². The highest BCUT2D eigenvalue weighted by atomic mass is 16.5. The fraction of sp³-hybridized carbons (Fsp3) is 0.722. The molecule has 0 aromatic carbocycles. The summed E-state index contributed by atoms with van der Waals surface area (Å²) < 4.78 is 7.41. The third kappa shape index (κ3) is 4.75. The Morgan fingerprint density at radius 2 is 2.08 bits per heavy atom. The normalized spacial score (nSPS) is 20.4. The summed E-state index contributed by atoms with van der Waals surface area (Å²) in [4.78, 5) is 30.8. The lowest BCUT2D eigenvalue weighted by molar-refractivity contribution is -0.132. The van der Waals surface area contributed by atoms with Gasteiger partial charge in [-0.05, 0) is 25.3 Å². The van der Waals surface area contributed by atoms with Crippen LogP contribution in [0.3, 0.4) is 0 Å². The molecule has 0 spiro atoms. The molecule has 144 valence electrons. The number of amides is 3. The van der Waals surface area contributed by atoms with Crippen LogP contribution in [0.1, 0.15) is 25.7 Å². The molecule has 1 aromatic heterocycles. The van der Waals surface area contributed by atoms with Gasteiger partial charge in [0, 0.05) is 58.6 Å². The number of carbonyl (C=O) groups excluding carboxylic acids is 2. The van der Waals surface area contributed by atoms with Crippen LogP contribution in [0.2, 0.25) is 0 Å². The van der Waals surface area contributed by atoms with E-state index in [0.29, 0.717) is 32.7 Å². The maximum Gasteiger partial charge on any atom is 0.320 e. The molecule has 0 bridgehead atoms. The Bertz CT molecular complexity index is 586. The maximum absolute atomic E-state index is 12.7. The number of nitrogens with zero attached hydrogens (tertiary/aromatic N) is 5. The number of urea groups is 1. The fourth-order valence-electron chi connectivity index (χ4n) is 3.55. The Morgan fingerprint density at radius 3 is 2.81 bits per heavy atom. The summed E-state index contributed by atoms with van der Waals surface area (Å²) in [5, 5.41) is 4.17. The molecule has 0 aliphatic carbocycles. The molecular weight excluding hydrogens is 334 g/mol. The van der Waals surface area contributed by atoms with Crippen molar-refractivity contribution >= 4 is 11.9 Å². The average Bonchev–Trinajstić information content (AvgIpc) is 3.35. The van der Waals surface area contributed by atoms with E-state index in [1.54, 1.807) is 11.1 Å². The van der Waals surface area contributed by atoms with E-state index >= 15 is 0 Å². The number of aryl methyl sites for hydroxylation is 1. The van der Waals surface area contributed by atoms with Crippen LogP contribution in [0.4, 0.5) is 4.79 Å². The number of aromatic nitrogens is 2. The van der Waals surface area contributed by atoms with Gasteiger partial charge in [-0.15, -0.1) is 0 Å². The zero-order valence-electron chi connectivity index (χ0n) is 15.5. The summed E-state index contributed by atoms with van der Waals surface area (Å²) in [6.07, 6.45) is 6.98. The minimum absolute atomic E-state index is 0.0557. The van der Waals surface area contributed by atoms with Gasteiger partial charge in [-0.25, -0.2) is 4.79 Å². The van der Waals surface area contributed by atoms with Crippen LogP contribution < -0.4 is 0 Å². The highest BCUT2D eigenvalue weighted by molar-refractivity contribution is 5.79. The molecule has 2 saturated heterocycles. The van der Waals surface area contributed by atoms with Gasteiger partial charge in [0.2, 0.25) is 5.91 Å². The van der Waals surface area contributed by atoms with Gasteiger partial charge >= 0.3 is 6.03 Å². The Labute approximate surface area is 154 Å². The third-order valence-electron chi connectivity index (χ3n) is 5.13. The maximum atomic E-state index is 12.7. The number of rotatable bonds is 6. The number of morpholine rings is 1. The molecule has 26 heavy (non-hydrogen) atoms. The van der Waals surface area contributed by atoms with Gasteiger partial charge < -0.3 is 19.4 Å². The molecule has 2 fully saturated rings. The van der Waals surface area contributed by atoms with Crippen molar-refractivity contribution in [1.82, 2.24) is 24.5 Å². The van der Waals surface area contributed by atoms with Gasteiger partial charge in [-0.3, -0.25) is 9.48 Å². The van der Waals surface area contributed by atoms with Crippen LogP contribution >= 0.6 is 0 Å². The first-order valence-corrected chi connectivity index (χ1v) is 9.50. The Balaban J connectivity index is 1.48. The molecule has 1 aromatic rings. The van der Waals surface area contributed by atoms with Gasteiger partial charge in [0.1, 0.15) is 0 Å². The van der Waals surface area contributed by atoms with Crippen LogP contribution in [0.15, 0.2) is 18.5 Å². The second kappa shape index (κ2) is 9.02. The van der Waals surface area contributed by atoms with Crippen molar-refractivity contribution in [3.05, 3.63) is 18.5 Å². The van der Waals surface area contributed by atoms with Crippen LogP contribution in [0, 0.1) is 0 Å². The van der Waals surface area contributed by atoms with Crippen molar-refractivity contribution in [2.75, 3.05) is 46.4 Å². The molecule has 3 amide bonds. The number of hydrogen-bond donors (Lipinski definition) is 0. The predicted molar refractivity (Wildman–Crippen MR) is 96.6 cm³/mol. The van der Waals surface area contributed by atoms with E-state index < -0.39 is 0 Å². The minimum atomic E-state index is -0.169. The standard InChI is InChI=1S/C18H29N5O3/c1-20(7-5-11-22-10-4-6-19-22)17(24)14-16-15-26-13-12-23(16)18(25)21-8-2-3-9-21/h4,6,10,16H,2-3,5,7-9,11-15H2,1H3/t16-/m1/s1. The van der Waals surface area contributed by atoms with E-state index in [1.807, 2.05) is 33.8 Å². The van der Waals surface area contributed by atoms with Crippen molar-refractivity contribution in [2.24, 2.45) is 0 Å². The highest BCUT2D eigenvalue weighted by Gasteiger charge is 2.33. The number of carbonyl (C=O) groups is 2. The van der Waals surface area contributed by atoms with Crippen molar-refractivity contribution in [3.8, 4) is 0 Å². The van der Waals surface area contributed by atoms with Crippen LogP contribution in [-0.2, 0) is 16.1 Å². The molecule has 2 aliphatic rings. The van der Waals surface area contributed by atoms with E-state index in [1.165, 1.54) is 0 Å². The van der Waals surface area contributed by atoms with Crippen LogP contribution in [0.25, 0.3) is 0 Å². The van der Waals surface area contributed by atoms with E-state index in [2.05, 4.69) is 5.10 Å². The zero-order chi connectivity index (χ0) is 18.4. The summed E-state index contributed by atoms with van der Waals surface area (Å²) in [6, 6.07) is 1.78. The molecular formula is C18H29N5O3. The Morgan fingerprint density at radius 1 is 1.27 bits per heavy atom. The topological polar surface area (TPSA) is 70.9 Å². The molecule has 3 heterocycles. The molecule has 1 atom stereocenters. The van der Waals surface area contributed by atoms with Crippen LogP contribution in [0.5, 0.6) is 0 Å². The first-order chi connectivity index (χ1) is 12.6. The smallest absolute Gasteiger partial charge is 0.320 e. The minimum Gasteiger partial charge on any atom is -0.377 e. The highest BCUT2D eigenvalue weighted by Crippen LogP contribution is 2.17. The van der Waals surface area contributed by atoms with Gasteiger partial charge in [0.05, 0.1) is 19.3 Å². The molecule has 0 radical (unpaired) electrons. The van der Waals surface area contributed by atoms with Gasteiger partial charge in [0.15, 0.2) is 0 Å². The monoisotopic (exact) mass is 363 g/mol. The Kier molecular flexibility index (Phi) is 6.49. The lowest BCUT2D eigenvalue weighted by atomic mass is 10.1. The summed E-state index contributed by atoms with van der Waals surface area (Å²) in [6.45, 7) is 4.66. The lowest BCUT2D eigenvalue weighted by Gasteiger charge is -2.38. The average molecular weight is 363 g/mol. The van der Waals surface area contributed by atoms with Crippen molar-refractivity contribution < 1.29 is 14.3 Å². The van der Waals surface area contributed by atoms with Crippen molar-refractivity contribution in [1.29, 1.82) is 0 Å². The second-order valence-electron chi connectivity index (χ2n) is 7.04. The molecule has 2 aliphatic heterocycles. The first-order valence-electron chi connectivity index (χ1n) is 9.50. The van der Waals surface area contributed by atoms with E-state index in [4.69, 9.17) is 4.74 Å². The molecule has 0 unspecified atom stereocenters. The van der Waals surface area contributed by atoms with E-state index in [9.17, 15) is 9.59 Å². The summed E-state index contributed by atoms with van der Waals surface area (Å²) >= 11 is 0. The first kappa shape index (κ1) is 18.7. The second-order valence-corrected chi connectivity index (χ2v) is 7.04. The largest absolute Gasteiger partial charge is 0.377 e. The number of hydrogen-bond acceptors (Lipinski definition) is 4. The number of likely N-dealkylation sites (tertiary alicyclic amines) is 1. The number of ether oxygens (including phenoxy) is 1. The summed E-state index contributed by atoms with van der Waals surface area (Å²) in [7, 11) is 1.82. The van der Waals surface area contributed by atoms with E-state index in [-0.39, 0.29) is 18.0 Å². The van der Waals surface area contributed by atoms with Crippen molar-refractivity contribution in [3.63, 3.8) is 0 Å². The summed E-state index contributed by atoms with van der Waals surface area (Å²) in [5.41, 5.74) is 0. The SMILES string of the molecule is CN(CCCn1cccn1)C(=O)C[C@@H]1COCCN1C(=O)N1CCCC1. The predicted octanol–water partition coefficient (Wildman–Crippen LogP) is 1.04. The van der Waals surface area contributed by atoms with Gasteiger partial charge in [0.25, 0.3) is 0 Å².